The molecule has 12 rings (SSSR count). The molecule has 0 unspecified atom stereocenters. The first-order valence-corrected chi connectivity index (χ1v) is 33.1. The number of benzene rings is 8. The van der Waals surface area contributed by atoms with Gasteiger partial charge in [0.15, 0.2) is 0 Å². The van der Waals surface area contributed by atoms with Crippen LogP contribution in [0.3, 0.4) is 0 Å². The monoisotopic (exact) mass is 1660 g/mol. The summed E-state index contributed by atoms with van der Waals surface area (Å²) in [7, 11) is 0. The summed E-state index contributed by atoms with van der Waals surface area (Å²) in [6, 6.07) is 79.2. The maximum atomic E-state index is 10.6. The average Bonchev–Trinajstić information content (AvgIpc) is 0.803. The number of carbonyl (C=O) groups is 6. The summed E-state index contributed by atoms with van der Waals surface area (Å²) in [6.45, 7) is 11.0. The van der Waals surface area contributed by atoms with E-state index in [4.69, 9.17) is 0 Å². The van der Waals surface area contributed by atoms with Crippen LogP contribution in [0.4, 0.5) is 0 Å². The number of fused-ring (bicyclic) bond motifs is 6. The van der Waals surface area contributed by atoms with Crippen molar-refractivity contribution in [2.45, 2.75) is 116 Å². The van der Waals surface area contributed by atoms with Crippen LogP contribution in [-0.4, -0.2) is 55.8 Å². The van der Waals surface area contributed by atoms with Crippen LogP contribution in [0.2, 0.25) is 0 Å². The van der Waals surface area contributed by atoms with Crippen LogP contribution in [0.5, 0.6) is 0 Å². The van der Waals surface area contributed by atoms with Gasteiger partial charge in [0.05, 0.1) is 22.1 Å². The molecule has 18 heteroatoms. The smallest absolute Gasteiger partial charge is 0.549 e. The molecule has 0 amide bonds. The molecular formula is C84H82N4O12Tb2. The Morgan fingerprint density at radius 1 is 0.225 bits per heavy atom. The van der Waals surface area contributed by atoms with Crippen LogP contribution in [0, 0.1) is 77.2 Å². The van der Waals surface area contributed by atoms with Crippen molar-refractivity contribution in [3.8, 4) is 0 Å². The predicted molar refractivity (Wildman–Crippen MR) is 381 cm³/mol. The largest absolute Gasteiger partial charge is 3.00 e. The zero-order chi connectivity index (χ0) is 72.6. The van der Waals surface area contributed by atoms with E-state index in [2.05, 4.69) is 68.5 Å². The van der Waals surface area contributed by atoms with Gasteiger partial charge in [-0.1, -0.05) is 272 Å². The molecule has 0 aliphatic heterocycles. The van der Waals surface area contributed by atoms with Crippen molar-refractivity contribution in [2.75, 3.05) is 0 Å². The molecule has 6 atom stereocenters. The Labute approximate surface area is 658 Å². The minimum Gasteiger partial charge on any atom is -0.549 e. The molecule has 0 fully saturated rings. The maximum absolute atomic E-state index is 10.6. The topological polar surface area (TPSA) is 292 Å². The van der Waals surface area contributed by atoms with Crippen molar-refractivity contribution in [2.24, 2.45) is 0 Å². The first kappa shape index (κ1) is 87.0. The van der Waals surface area contributed by atoms with Gasteiger partial charge in [0.25, 0.3) is 0 Å². The number of carbonyl (C=O) groups excluding carboxylic acids is 6. The molecule has 4 heterocycles. The zero-order valence-corrected chi connectivity index (χ0v) is 61.9. The van der Waals surface area contributed by atoms with Gasteiger partial charge in [-0.2, -0.15) is 0 Å². The molecule has 0 bridgehead atoms. The SMILES string of the molecule is CC[C@@H](C(=O)[O-])c1ccccc1.CC[C@@H](C(=O)[O-])c1ccccc1.CC[C@@H](C(=O)[O-])c1ccccc1.CC[C@@H](C(=O)[O-])c1ccccc1.CC[C@@H](C(=O)[O-])c1ccccc1.CC[C@@H](C(=O)[O-])c1ccccc1.[Tb+3].[Tb+3].c1cnc2c(c1)ccc1cccnc12.c1cnc2c(c1)ccc1cccnc12. The molecule has 528 valence electrons. The van der Waals surface area contributed by atoms with Crippen LogP contribution < -0.4 is 30.6 Å². The third-order valence-corrected chi connectivity index (χ3v) is 16.1. The van der Waals surface area contributed by atoms with Gasteiger partial charge >= 0.3 is 77.2 Å². The number of rotatable bonds is 18. The molecule has 12 aromatic rings. The minimum absolute atomic E-state index is 0. The molecule has 8 aromatic carbocycles. The Morgan fingerprint density at radius 2 is 0.363 bits per heavy atom. The van der Waals surface area contributed by atoms with Gasteiger partial charge in [-0.25, -0.2) is 0 Å². The van der Waals surface area contributed by atoms with Gasteiger partial charge in [0, 0.05) is 118 Å². The molecule has 102 heavy (non-hydrogen) atoms. The second-order valence-corrected chi connectivity index (χ2v) is 22.6. The van der Waals surface area contributed by atoms with Crippen molar-refractivity contribution >= 4 is 79.4 Å². The number of pyridine rings is 4. The quantitative estimate of drug-likeness (QED) is 0.0721. The fraction of sp³-hybridized carbons (Fsp3) is 0.214. The second kappa shape index (κ2) is 48.6. The Bertz CT molecular complexity index is 3750. The van der Waals surface area contributed by atoms with Gasteiger partial charge in [-0.05, 0) is 96.2 Å². The van der Waals surface area contributed by atoms with Crippen LogP contribution in [0.1, 0.15) is 149 Å². The molecule has 0 saturated carbocycles. The average molecular weight is 1660 g/mol. The van der Waals surface area contributed by atoms with Crippen LogP contribution in [0.25, 0.3) is 43.6 Å². The summed E-state index contributed by atoms with van der Waals surface area (Å²) >= 11 is 0. The number of hydrogen-bond acceptors (Lipinski definition) is 16. The molecule has 0 aliphatic rings. The molecule has 0 aliphatic carbocycles. The standard InChI is InChI=1S/2C12H8N2.6C10H12O2.2Tb/c2*1-3-9-5-6-10-4-2-8-14-12(10)11(9)13-7-1;6*1-2-9(10(11)12)8-6-4-3-5-7-8;;/h2*1-8H;6*3-7,9H,2H2,1H3,(H,11,12);;/q;;;;;;;;2*+3/p-6/t;;6*9-;;/m..111111../s1. The molecular weight excluding hydrogens is 1570 g/mol. The Morgan fingerprint density at radius 3 is 0.480 bits per heavy atom. The Balaban J connectivity index is 0.000000303. The van der Waals surface area contributed by atoms with E-state index >= 15 is 0 Å². The summed E-state index contributed by atoms with van der Waals surface area (Å²) in [5, 5.41) is 68.3. The molecule has 0 spiro atoms. The second-order valence-electron chi connectivity index (χ2n) is 22.6. The Hall–Kier alpha value is -9.21. The normalized spacial score (nSPS) is 11.7. The summed E-state index contributed by atoms with van der Waals surface area (Å²) in [5.41, 5.74) is 8.83. The van der Waals surface area contributed by atoms with Crippen LogP contribution >= 0.6 is 0 Å². The van der Waals surface area contributed by atoms with Crippen molar-refractivity contribution in [1.29, 1.82) is 0 Å². The molecule has 16 nitrogen and oxygen atoms in total. The number of carboxylic acid groups (broad SMARTS) is 6. The molecule has 0 saturated heterocycles. The van der Waals surface area contributed by atoms with E-state index in [0.717, 1.165) is 77.0 Å². The molecule has 4 aromatic heterocycles. The van der Waals surface area contributed by atoms with E-state index in [-0.39, 0.29) is 77.2 Å². The van der Waals surface area contributed by atoms with Gasteiger partial charge in [-0.3, -0.25) is 19.9 Å². The first-order valence-electron chi connectivity index (χ1n) is 33.1. The van der Waals surface area contributed by atoms with Gasteiger partial charge in [0.2, 0.25) is 0 Å². The van der Waals surface area contributed by atoms with E-state index < -0.39 is 71.3 Å². The number of nitrogens with zero attached hydrogens (tertiary/aromatic N) is 4. The van der Waals surface area contributed by atoms with E-state index in [1.165, 1.54) is 0 Å². The van der Waals surface area contributed by atoms with Crippen molar-refractivity contribution in [3.63, 3.8) is 0 Å². The Kier molecular flexibility index (Phi) is 41.4. The summed E-state index contributed by atoms with van der Waals surface area (Å²) in [5.74, 6) is -8.78. The maximum Gasteiger partial charge on any atom is 3.00 e. The van der Waals surface area contributed by atoms with Crippen LogP contribution in [0.15, 0.2) is 280 Å². The minimum atomic E-state index is -0.997. The van der Waals surface area contributed by atoms with Gasteiger partial charge in [-0.15, -0.1) is 0 Å². The van der Waals surface area contributed by atoms with Crippen molar-refractivity contribution < 1.29 is 137 Å². The van der Waals surface area contributed by atoms with Gasteiger partial charge in [0.1, 0.15) is 0 Å². The molecule has 0 N–H and O–H groups in total. The van der Waals surface area contributed by atoms with E-state index in [9.17, 15) is 59.4 Å². The predicted octanol–water partition coefficient (Wildman–Crippen LogP) is 11.1. The number of aromatic nitrogens is 4. The van der Waals surface area contributed by atoms with Crippen molar-refractivity contribution in [3.05, 3.63) is 313 Å². The van der Waals surface area contributed by atoms with E-state index in [1.807, 2.05) is 248 Å². The third-order valence-electron chi connectivity index (χ3n) is 16.1. The summed E-state index contributed by atoms with van der Waals surface area (Å²) in [6.07, 6.45) is 10.7. The number of aliphatic carboxylic acids is 6. The summed E-state index contributed by atoms with van der Waals surface area (Å²) < 4.78 is 0. The van der Waals surface area contributed by atoms with E-state index in [0.29, 0.717) is 38.5 Å². The summed E-state index contributed by atoms with van der Waals surface area (Å²) in [4.78, 5) is 81.1. The van der Waals surface area contributed by atoms with Gasteiger partial charge < -0.3 is 59.4 Å². The fourth-order valence-electron chi connectivity index (χ4n) is 10.7. The number of carboxylic acids is 6. The van der Waals surface area contributed by atoms with Crippen molar-refractivity contribution in [1.82, 2.24) is 19.9 Å². The third kappa shape index (κ3) is 28.3. The van der Waals surface area contributed by atoms with Crippen LogP contribution in [-0.2, 0) is 28.8 Å². The number of hydrogen-bond donors (Lipinski definition) is 0. The van der Waals surface area contributed by atoms with E-state index in [1.54, 1.807) is 24.8 Å². The molecule has 0 radical (unpaired) electrons. The zero-order valence-electron chi connectivity index (χ0n) is 57.6. The first-order chi connectivity index (χ1) is 48.4. The fourth-order valence-corrected chi connectivity index (χ4v) is 10.7.